The standard InChI is InChI=1S/C13H15Cl2NO2/c14-10-4-3-8(11(15)7-10)5-6-16-12(13(17)18)9-1-2-9/h3-4,7,9,12,16H,1-2,5-6H2,(H,17,18). The average Bonchev–Trinajstić information content (AvgIpc) is 3.10. The fraction of sp³-hybridized carbons (Fsp3) is 0.462. The molecule has 18 heavy (non-hydrogen) atoms. The highest BCUT2D eigenvalue weighted by molar-refractivity contribution is 6.35. The summed E-state index contributed by atoms with van der Waals surface area (Å²) in [7, 11) is 0. The summed E-state index contributed by atoms with van der Waals surface area (Å²) in [6.45, 7) is 0.606. The molecule has 3 nitrogen and oxygen atoms in total. The summed E-state index contributed by atoms with van der Waals surface area (Å²) < 4.78 is 0. The van der Waals surface area contributed by atoms with Gasteiger partial charge in [-0.05, 0) is 42.9 Å². The van der Waals surface area contributed by atoms with Crippen LogP contribution < -0.4 is 5.32 Å². The van der Waals surface area contributed by atoms with Gasteiger partial charge in [-0.25, -0.2) is 0 Å². The first-order chi connectivity index (χ1) is 8.58. The normalized spacial score (nSPS) is 16.6. The molecule has 0 radical (unpaired) electrons. The van der Waals surface area contributed by atoms with Crippen LogP contribution in [0, 0.1) is 5.92 Å². The number of carbonyl (C=O) groups is 1. The van der Waals surface area contributed by atoms with E-state index in [-0.39, 0.29) is 0 Å². The Morgan fingerprint density at radius 3 is 2.72 bits per heavy atom. The second kappa shape index (κ2) is 5.91. The molecule has 1 fully saturated rings. The third-order valence-corrected chi connectivity index (χ3v) is 3.72. The zero-order chi connectivity index (χ0) is 13.1. The van der Waals surface area contributed by atoms with E-state index in [0.29, 0.717) is 28.9 Å². The maximum atomic E-state index is 11.0. The van der Waals surface area contributed by atoms with E-state index in [9.17, 15) is 4.79 Å². The molecule has 1 aliphatic carbocycles. The van der Waals surface area contributed by atoms with Gasteiger partial charge in [0.15, 0.2) is 0 Å². The molecular weight excluding hydrogens is 273 g/mol. The molecule has 1 aromatic rings. The predicted octanol–water partition coefficient (Wildman–Crippen LogP) is 2.99. The number of aliphatic carboxylic acids is 1. The van der Waals surface area contributed by atoms with Crippen LogP contribution in [-0.4, -0.2) is 23.7 Å². The first-order valence-electron chi connectivity index (χ1n) is 5.98. The first-order valence-corrected chi connectivity index (χ1v) is 6.73. The van der Waals surface area contributed by atoms with Crippen molar-refractivity contribution in [1.82, 2.24) is 5.32 Å². The molecule has 2 rings (SSSR count). The molecule has 0 heterocycles. The van der Waals surface area contributed by atoms with Crippen molar-refractivity contribution >= 4 is 29.2 Å². The van der Waals surface area contributed by atoms with E-state index in [4.69, 9.17) is 28.3 Å². The minimum Gasteiger partial charge on any atom is -0.480 e. The molecule has 2 N–H and O–H groups in total. The molecule has 5 heteroatoms. The molecule has 1 aliphatic rings. The van der Waals surface area contributed by atoms with Gasteiger partial charge in [-0.1, -0.05) is 29.3 Å². The van der Waals surface area contributed by atoms with Gasteiger partial charge in [0, 0.05) is 16.6 Å². The summed E-state index contributed by atoms with van der Waals surface area (Å²) in [5, 5.41) is 13.4. The Hall–Kier alpha value is -0.770. The zero-order valence-electron chi connectivity index (χ0n) is 9.83. The van der Waals surface area contributed by atoms with Crippen molar-refractivity contribution in [2.45, 2.75) is 25.3 Å². The van der Waals surface area contributed by atoms with E-state index >= 15 is 0 Å². The van der Waals surface area contributed by atoms with Gasteiger partial charge in [0.2, 0.25) is 0 Å². The predicted molar refractivity (Wildman–Crippen MR) is 72.3 cm³/mol. The fourth-order valence-corrected chi connectivity index (χ4v) is 2.47. The van der Waals surface area contributed by atoms with Gasteiger partial charge in [-0.2, -0.15) is 0 Å². The van der Waals surface area contributed by atoms with E-state index in [0.717, 1.165) is 18.4 Å². The van der Waals surface area contributed by atoms with Crippen LogP contribution in [0.2, 0.25) is 10.0 Å². The molecule has 0 saturated heterocycles. The second-order valence-electron chi connectivity index (χ2n) is 4.59. The van der Waals surface area contributed by atoms with E-state index in [1.54, 1.807) is 12.1 Å². The van der Waals surface area contributed by atoms with Crippen LogP contribution in [0.5, 0.6) is 0 Å². The Morgan fingerprint density at radius 2 is 2.17 bits per heavy atom. The van der Waals surface area contributed by atoms with Gasteiger partial charge >= 0.3 is 5.97 Å². The largest absolute Gasteiger partial charge is 0.480 e. The summed E-state index contributed by atoms with van der Waals surface area (Å²) in [5.41, 5.74) is 0.980. The number of carboxylic acids is 1. The minimum atomic E-state index is -0.764. The monoisotopic (exact) mass is 287 g/mol. The topological polar surface area (TPSA) is 49.3 Å². The number of rotatable bonds is 6. The van der Waals surface area contributed by atoms with Gasteiger partial charge < -0.3 is 10.4 Å². The van der Waals surface area contributed by atoms with Crippen LogP contribution in [0.1, 0.15) is 18.4 Å². The van der Waals surface area contributed by atoms with Crippen LogP contribution in [-0.2, 0) is 11.2 Å². The van der Waals surface area contributed by atoms with E-state index in [1.807, 2.05) is 6.07 Å². The Morgan fingerprint density at radius 1 is 1.44 bits per heavy atom. The van der Waals surface area contributed by atoms with Crippen LogP contribution in [0.25, 0.3) is 0 Å². The Kier molecular flexibility index (Phi) is 4.49. The number of nitrogens with one attached hydrogen (secondary N) is 1. The van der Waals surface area contributed by atoms with Gasteiger partial charge in [-0.15, -0.1) is 0 Å². The zero-order valence-corrected chi connectivity index (χ0v) is 11.3. The van der Waals surface area contributed by atoms with Gasteiger partial charge in [0.25, 0.3) is 0 Å². The van der Waals surface area contributed by atoms with Crippen molar-refractivity contribution in [3.63, 3.8) is 0 Å². The van der Waals surface area contributed by atoms with Crippen molar-refractivity contribution in [3.8, 4) is 0 Å². The summed E-state index contributed by atoms with van der Waals surface area (Å²) in [5.74, 6) is -0.470. The lowest BCUT2D eigenvalue weighted by molar-refractivity contribution is -0.140. The Balaban J connectivity index is 1.85. The maximum absolute atomic E-state index is 11.0. The van der Waals surface area contributed by atoms with Gasteiger partial charge in [0.1, 0.15) is 6.04 Å². The SMILES string of the molecule is O=C(O)C(NCCc1ccc(Cl)cc1Cl)C1CC1. The molecule has 1 unspecified atom stereocenters. The lowest BCUT2D eigenvalue weighted by atomic mass is 10.1. The fourth-order valence-electron chi connectivity index (χ4n) is 1.97. The average molecular weight is 288 g/mol. The molecule has 98 valence electrons. The van der Waals surface area contributed by atoms with Crippen LogP contribution in [0.15, 0.2) is 18.2 Å². The van der Waals surface area contributed by atoms with Crippen LogP contribution in [0.3, 0.4) is 0 Å². The molecule has 1 atom stereocenters. The Bertz CT molecular complexity index is 447. The van der Waals surface area contributed by atoms with Crippen molar-refractivity contribution in [3.05, 3.63) is 33.8 Å². The van der Waals surface area contributed by atoms with Crippen molar-refractivity contribution in [2.75, 3.05) is 6.54 Å². The molecular formula is C13H15Cl2NO2. The van der Waals surface area contributed by atoms with Crippen molar-refractivity contribution in [2.24, 2.45) is 5.92 Å². The second-order valence-corrected chi connectivity index (χ2v) is 5.44. The van der Waals surface area contributed by atoms with E-state index < -0.39 is 12.0 Å². The highest BCUT2D eigenvalue weighted by Gasteiger charge is 2.35. The number of hydrogen-bond acceptors (Lipinski definition) is 2. The molecule has 0 aromatic heterocycles. The smallest absolute Gasteiger partial charge is 0.320 e. The van der Waals surface area contributed by atoms with Crippen molar-refractivity contribution < 1.29 is 9.90 Å². The number of hydrogen-bond donors (Lipinski definition) is 2. The van der Waals surface area contributed by atoms with E-state index in [2.05, 4.69) is 5.32 Å². The van der Waals surface area contributed by atoms with Crippen LogP contribution >= 0.6 is 23.2 Å². The quantitative estimate of drug-likeness (QED) is 0.846. The van der Waals surface area contributed by atoms with Gasteiger partial charge in [-0.3, -0.25) is 4.79 Å². The summed E-state index contributed by atoms with van der Waals surface area (Å²) in [4.78, 5) is 11.0. The summed E-state index contributed by atoms with van der Waals surface area (Å²) in [6.07, 6.45) is 2.71. The van der Waals surface area contributed by atoms with Crippen molar-refractivity contribution in [1.29, 1.82) is 0 Å². The third kappa shape index (κ3) is 3.61. The maximum Gasteiger partial charge on any atom is 0.320 e. The molecule has 0 aliphatic heterocycles. The lowest BCUT2D eigenvalue weighted by Gasteiger charge is -2.13. The summed E-state index contributed by atoms with van der Waals surface area (Å²) in [6, 6.07) is 4.95. The molecule has 1 aromatic carbocycles. The number of carboxylic acid groups (broad SMARTS) is 1. The molecule has 0 amide bonds. The highest BCUT2D eigenvalue weighted by atomic mass is 35.5. The Labute approximate surface area is 116 Å². The molecule has 0 bridgehead atoms. The van der Waals surface area contributed by atoms with E-state index in [1.165, 1.54) is 0 Å². The summed E-state index contributed by atoms with van der Waals surface area (Å²) >= 11 is 11.9. The molecule has 1 saturated carbocycles. The minimum absolute atomic E-state index is 0.295. The van der Waals surface area contributed by atoms with Crippen LogP contribution in [0.4, 0.5) is 0 Å². The highest BCUT2D eigenvalue weighted by Crippen LogP contribution is 2.32. The number of halogens is 2. The third-order valence-electron chi connectivity index (χ3n) is 3.13. The molecule has 0 spiro atoms. The number of benzene rings is 1. The van der Waals surface area contributed by atoms with Gasteiger partial charge in [0.05, 0.1) is 0 Å². The first kappa shape index (κ1) is 13.7. The lowest BCUT2D eigenvalue weighted by Crippen LogP contribution is -2.39.